The SMILES string of the molecule is COc1cc([N+](=O)[O-])ccc1NC(=S)Nc1c(C)nn(Cc2ccccc2F)c1C. The molecule has 10 heteroatoms. The van der Waals surface area contributed by atoms with Crippen LogP contribution in [0.15, 0.2) is 42.5 Å². The van der Waals surface area contributed by atoms with Crippen LogP contribution in [-0.4, -0.2) is 26.9 Å². The number of thiocarbonyl (C=S) groups is 1. The molecule has 3 aromatic rings. The molecule has 0 aliphatic heterocycles. The van der Waals surface area contributed by atoms with Crippen molar-refractivity contribution in [3.05, 3.63) is 75.3 Å². The summed E-state index contributed by atoms with van der Waals surface area (Å²) >= 11 is 5.38. The molecule has 0 unspecified atom stereocenters. The summed E-state index contributed by atoms with van der Waals surface area (Å²) in [6.07, 6.45) is 0. The standard InChI is InChI=1S/C20H20FN5O3S/c1-12-19(13(2)25(24-12)11-14-6-4-5-7-16(14)21)23-20(30)22-17-9-8-15(26(27)28)10-18(17)29-3/h4-10H,11H2,1-3H3,(H2,22,23,30). The summed E-state index contributed by atoms with van der Waals surface area (Å²) in [5, 5.41) is 21.7. The number of aromatic nitrogens is 2. The van der Waals surface area contributed by atoms with Gasteiger partial charge < -0.3 is 15.4 Å². The van der Waals surface area contributed by atoms with E-state index in [1.54, 1.807) is 22.9 Å². The van der Waals surface area contributed by atoms with E-state index >= 15 is 0 Å². The number of hydrogen-bond acceptors (Lipinski definition) is 5. The van der Waals surface area contributed by atoms with Gasteiger partial charge in [0.05, 0.1) is 47.4 Å². The molecule has 2 N–H and O–H groups in total. The van der Waals surface area contributed by atoms with Crippen molar-refractivity contribution in [3.8, 4) is 5.75 Å². The number of nitrogens with zero attached hydrogens (tertiary/aromatic N) is 3. The highest BCUT2D eigenvalue weighted by molar-refractivity contribution is 7.80. The number of benzene rings is 2. The molecule has 0 fully saturated rings. The number of non-ortho nitro benzene ring substituents is 1. The van der Waals surface area contributed by atoms with Crippen molar-refractivity contribution in [2.75, 3.05) is 17.7 Å². The minimum atomic E-state index is -0.500. The molecule has 0 bridgehead atoms. The van der Waals surface area contributed by atoms with Gasteiger partial charge >= 0.3 is 0 Å². The summed E-state index contributed by atoms with van der Waals surface area (Å²) in [5.41, 5.74) is 3.11. The average molecular weight is 429 g/mol. The maximum atomic E-state index is 14.0. The molecule has 0 amide bonds. The normalized spacial score (nSPS) is 10.5. The van der Waals surface area contributed by atoms with E-state index in [1.807, 2.05) is 13.8 Å². The minimum absolute atomic E-state index is 0.0858. The lowest BCUT2D eigenvalue weighted by molar-refractivity contribution is -0.384. The molecular weight excluding hydrogens is 409 g/mol. The number of ether oxygens (including phenoxy) is 1. The Labute approximate surface area is 177 Å². The van der Waals surface area contributed by atoms with Gasteiger partial charge in [-0.05, 0) is 38.2 Å². The van der Waals surface area contributed by atoms with Crippen LogP contribution in [0, 0.1) is 29.8 Å². The summed E-state index contributed by atoms with van der Waals surface area (Å²) in [5.74, 6) is -0.000873. The third-order valence-electron chi connectivity index (χ3n) is 4.54. The molecule has 30 heavy (non-hydrogen) atoms. The molecule has 0 spiro atoms. The smallest absolute Gasteiger partial charge is 0.273 e. The number of anilines is 2. The largest absolute Gasteiger partial charge is 0.494 e. The fourth-order valence-corrected chi connectivity index (χ4v) is 3.20. The van der Waals surface area contributed by atoms with Gasteiger partial charge in [-0.25, -0.2) is 4.39 Å². The van der Waals surface area contributed by atoms with Gasteiger partial charge in [-0.3, -0.25) is 14.8 Å². The summed E-state index contributed by atoms with van der Waals surface area (Å²) in [4.78, 5) is 10.4. The molecule has 8 nitrogen and oxygen atoms in total. The number of nitro benzene ring substituents is 1. The maximum Gasteiger partial charge on any atom is 0.273 e. The lowest BCUT2D eigenvalue weighted by atomic mass is 10.2. The van der Waals surface area contributed by atoms with Gasteiger partial charge in [-0.15, -0.1) is 0 Å². The molecular formula is C20H20FN5O3S. The topological polar surface area (TPSA) is 94.2 Å². The van der Waals surface area contributed by atoms with Gasteiger partial charge in [0.1, 0.15) is 11.6 Å². The van der Waals surface area contributed by atoms with Crippen LogP contribution >= 0.6 is 12.2 Å². The first kappa shape index (κ1) is 21.2. The Kier molecular flexibility index (Phi) is 6.26. The van der Waals surface area contributed by atoms with E-state index in [0.29, 0.717) is 22.6 Å². The second kappa shape index (κ2) is 8.87. The maximum absolute atomic E-state index is 14.0. The van der Waals surface area contributed by atoms with E-state index in [9.17, 15) is 14.5 Å². The third kappa shape index (κ3) is 4.54. The van der Waals surface area contributed by atoms with E-state index in [0.717, 1.165) is 5.69 Å². The van der Waals surface area contributed by atoms with Crippen LogP contribution in [0.3, 0.4) is 0 Å². The zero-order valence-electron chi connectivity index (χ0n) is 16.6. The Hall–Kier alpha value is -3.53. The predicted octanol–water partition coefficient (Wildman–Crippen LogP) is 4.41. The number of hydrogen-bond donors (Lipinski definition) is 2. The second-order valence-electron chi connectivity index (χ2n) is 6.52. The molecule has 0 saturated carbocycles. The van der Waals surface area contributed by atoms with Crippen molar-refractivity contribution < 1.29 is 14.1 Å². The van der Waals surface area contributed by atoms with Crippen LogP contribution in [-0.2, 0) is 6.54 Å². The Morgan fingerprint density at radius 3 is 2.67 bits per heavy atom. The fraction of sp³-hybridized carbons (Fsp3) is 0.200. The monoisotopic (exact) mass is 429 g/mol. The number of halogens is 1. The van der Waals surface area contributed by atoms with Gasteiger partial charge in [0.2, 0.25) is 0 Å². The first-order chi connectivity index (χ1) is 14.3. The number of nitrogens with one attached hydrogen (secondary N) is 2. The molecule has 1 heterocycles. The first-order valence-corrected chi connectivity index (χ1v) is 9.38. The van der Waals surface area contributed by atoms with E-state index < -0.39 is 4.92 Å². The van der Waals surface area contributed by atoms with Crippen molar-refractivity contribution in [2.24, 2.45) is 0 Å². The zero-order chi connectivity index (χ0) is 21.8. The molecule has 2 aromatic carbocycles. The highest BCUT2D eigenvalue weighted by atomic mass is 32.1. The number of rotatable bonds is 6. The van der Waals surface area contributed by atoms with Crippen molar-refractivity contribution in [2.45, 2.75) is 20.4 Å². The van der Waals surface area contributed by atoms with Crippen molar-refractivity contribution in [3.63, 3.8) is 0 Å². The van der Waals surface area contributed by atoms with Crippen LogP contribution < -0.4 is 15.4 Å². The molecule has 1 aromatic heterocycles. The van der Waals surface area contributed by atoms with Gasteiger partial charge in [0.15, 0.2) is 5.11 Å². The summed E-state index contributed by atoms with van der Waals surface area (Å²) < 4.78 is 20.9. The van der Waals surface area contributed by atoms with Gasteiger partial charge in [-0.2, -0.15) is 5.10 Å². The van der Waals surface area contributed by atoms with Crippen molar-refractivity contribution in [1.82, 2.24) is 9.78 Å². The third-order valence-corrected chi connectivity index (χ3v) is 4.75. The molecule has 0 aliphatic carbocycles. The molecule has 0 radical (unpaired) electrons. The molecule has 0 aliphatic rings. The van der Waals surface area contributed by atoms with Crippen LogP contribution in [0.25, 0.3) is 0 Å². The summed E-state index contributed by atoms with van der Waals surface area (Å²) in [6, 6.07) is 10.7. The quantitative estimate of drug-likeness (QED) is 0.340. The van der Waals surface area contributed by atoms with E-state index in [-0.39, 0.29) is 28.9 Å². The predicted molar refractivity (Wildman–Crippen MR) is 117 cm³/mol. The van der Waals surface area contributed by atoms with Crippen molar-refractivity contribution in [1.29, 1.82) is 0 Å². The molecule has 0 atom stereocenters. The number of aryl methyl sites for hydroxylation is 1. The minimum Gasteiger partial charge on any atom is -0.494 e. The lowest BCUT2D eigenvalue weighted by Crippen LogP contribution is -2.20. The van der Waals surface area contributed by atoms with Crippen molar-refractivity contribution >= 4 is 34.4 Å². The zero-order valence-corrected chi connectivity index (χ0v) is 17.4. The lowest BCUT2D eigenvalue weighted by Gasteiger charge is -2.14. The fourth-order valence-electron chi connectivity index (χ4n) is 2.98. The Morgan fingerprint density at radius 2 is 2.00 bits per heavy atom. The number of methoxy groups -OCH3 is 1. The van der Waals surface area contributed by atoms with E-state index in [1.165, 1.54) is 31.4 Å². The van der Waals surface area contributed by atoms with Crippen LogP contribution in [0.1, 0.15) is 17.0 Å². The second-order valence-corrected chi connectivity index (χ2v) is 6.92. The van der Waals surface area contributed by atoms with Gasteiger partial charge in [0, 0.05) is 11.6 Å². The number of nitro groups is 1. The Bertz CT molecular complexity index is 1120. The van der Waals surface area contributed by atoms with Gasteiger partial charge in [0.25, 0.3) is 5.69 Å². The Morgan fingerprint density at radius 1 is 1.27 bits per heavy atom. The summed E-state index contributed by atoms with van der Waals surface area (Å²) in [6.45, 7) is 3.97. The van der Waals surface area contributed by atoms with Crippen LogP contribution in [0.5, 0.6) is 5.75 Å². The Balaban J connectivity index is 1.77. The van der Waals surface area contributed by atoms with Crippen LogP contribution in [0.2, 0.25) is 0 Å². The molecule has 156 valence electrons. The molecule has 0 saturated heterocycles. The highest BCUT2D eigenvalue weighted by Crippen LogP contribution is 2.29. The summed E-state index contributed by atoms with van der Waals surface area (Å²) in [7, 11) is 1.42. The molecule has 3 rings (SSSR count). The van der Waals surface area contributed by atoms with E-state index in [2.05, 4.69) is 15.7 Å². The average Bonchev–Trinajstić information content (AvgIpc) is 2.97. The van der Waals surface area contributed by atoms with Gasteiger partial charge in [-0.1, -0.05) is 18.2 Å². The first-order valence-electron chi connectivity index (χ1n) is 8.98. The highest BCUT2D eigenvalue weighted by Gasteiger charge is 2.16. The van der Waals surface area contributed by atoms with E-state index in [4.69, 9.17) is 17.0 Å². The van der Waals surface area contributed by atoms with Crippen LogP contribution in [0.4, 0.5) is 21.5 Å².